The highest BCUT2D eigenvalue weighted by Gasteiger charge is 2.23. The smallest absolute Gasteiger partial charge is 0.276 e. The summed E-state index contributed by atoms with van der Waals surface area (Å²) in [6.45, 7) is 7.10. The number of carbonyl (C=O) groups is 2. The Hall–Kier alpha value is -1.85. The molecule has 128 valence electrons. The normalized spacial score (nSPS) is 15.4. The molecule has 1 aromatic heterocycles. The summed E-state index contributed by atoms with van der Waals surface area (Å²) >= 11 is 0. The maximum atomic E-state index is 12.3. The van der Waals surface area contributed by atoms with Crippen LogP contribution in [0.4, 0.5) is 0 Å². The van der Waals surface area contributed by atoms with Crippen LogP contribution in [-0.2, 0) is 11.3 Å². The van der Waals surface area contributed by atoms with E-state index in [1.165, 1.54) is 6.42 Å². The van der Waals surface area contributed by atoms with E-state index in [2.05, 4.69) is 10.3 Å². The fourth-order valence-electron chi connectivity index (χ4n) is 3.06. The van der Waals surface area contributed by atoms with Gasteiger partial charge in [0.05, 0.1) is 6.54 Å². The Balaban J connectivity index is 1.95. The van der Waals surface area contributed by atoms with Gasteiger partial charge in [0.2, 0.25) is 11.8 Å². The highest BCUT2D eigenvalue weighted by atomic mass is 16.4. The molecule has 6 nitrogen and oxygen atoms in total. The first-order valence-electron chi connectivity index (χ1n) is 8.60. The molecule has 1 saturated carbocycles. The second kappa shape index (κ2) is 8.13. The minimum absolute atomic E-state index is 0.0668. The van der Waals surface area contributed by atoms with Gasteiger partial charge in [0, 0.05) is 19.0 Å². The van der Waals surface area contributed by atoms with Crippen LogP contribution >= 0.6 is 0 Å². The molecule has 6 heteroatoms. The minimum atomic E-state index is -0.124. The third kappa shape index (κ3) is 4.33. The number of oxazole rings is 1. The molecule has 0 saturated heterocycles. The number of nitrogens with one attached hydrogen (secondary N) is 1. The van der Waals surface area contributed by atoms with E-state index in [1.807, 2.05) is 13.8 Å². The van der Waals surface area contributed by atoms with Crippen LogP contribution in [0.2, 0.25) is 0 Å². The van der Waals surface area contributed by atoms with Gasteiger partial charge in [0.25, 0.3) is 5.91 Å². The molecule has 0 atom stereocenters. The molecule has 1 aliphatic carbocycles. The molecule has 0 radical (unpaired) electrons. The number of carbonyl (C=O) groups excluding carboxylic acids is 2. The fourth-order valence-corrected chi connectivity index (χ4v) is 3.06. The highest BCUT2D eigenvalue weighted by molar-refractivity contribution is 5.93. The molecule has 23 heavy (non-hydrogen) atoms. The predicted octanol–water partition coefficient (Wildman–Crippen LogP) is 2.66. The number of rotatable bonds is 6. The molecular weight excluding hydrogens is 294 g/mol. The molecule has 0 unspecified atom stereocenters. The lowest BCUT2D eigenvalue weighted by atomic mass is 9.89. The van der Waals surface area contributed by atoms with Crippen molar-refractivity contribution >= 4 is 11.8 Å². The summed E-state index contributed by atoms with van der Waals surface area (Å²) in [6.07, 6.45) is 5.39. The van der Waals surface area contributed by atoms with Crippen molar-refractivity contribution < 1.29 is 14.0 Å². The highest BCUT2D eigenvalue weighted by Crippen LogP contribution is 2.23. The van der Waals surface area contributed by atoms with E-state index in [0.29, 0.717) is 30.4 Å². The van der Waals surface area contributed by atoms with Gasteiger partial charge in [-0.1, -0.05) is 19.3 Å². The van der Waals surface area contributed by atoms with Gasteiger partial charge in [0.15, 0.2) is 5.69 Å². The Morgan fingerprint density at radius 1 is 1.22 bits per heavy atom. The van der Waals surface area contributed by atoms with E-state index >= 15 is 0 Å². The Morgan fingerprint density at radius 3 is 2.48 bits per heavy atom. The van der Waals surface area contributed by atoms with E-state index in [9.17, 15) is 9.59 Å². The maximum Gasteiger partial charge on any atom is 0.276 e. The Bertz CT molecular complexity index is 543. The minimum Gasteiger partial charge on any atom is -0.443 e. The summed E-state index contributed by atoms with van der Waals surface area (Å²) in [5, 5.41) is 2.89. The maximum absolute atomic E-state index is 12.3. The van der Waals surface area contributed by atoms with Gasteiger partial charge in [-0.2, -0.15) is 0 Å². The first-order valence-corrected chi connectivity index (χ1v) is 8.60. The average molecular weight is 321 g/mol. The van der Waals surface area contributed by atoms with Crippen LogP contribution in [0.3, 0.4) is 0 Å². The molecular formula is C17H27N3O3. The summed E-state index contributed by atoms with van der Waals surface area (Å²) in [6, 6.07) is 0. The van der Waals surface area contributed by atoms with Crippen molar-refractivity contribution in [2.45, 2.75) is 59.4 Å². The van der Waals surface area contributed by atoms with Gasteiger partial charge in [-0.05, 0) is 33.6 Å². The number of nitrogens with zero attached hydrogens (tertiary/aromatic N) is 2. The third-order valence-corrected chi connectivity index (χ3v) is 4.48. The van der Waals surface area contributed by atoms with Crippen LogP contribution < -0.4 is 5.32 Å². The molecule has 1 N–H and O–H groups in total. The van der Waals surface area contributed by atoms with Gasteiger partial charge < -0.3 is 14.6 Å². The monoisotopic (exact) mass is 321 g/mol. The molecule has 1 fully saturated rings. The van der Waals surface area contributed by atoms with Crippen LogP contribution in [-0.4, -0.2) is 34.8 Å². The Labute approximate surface area is 137 Å². The topological polar surface area (TPSA) is 75.4 Å². The molecule has 2 rings (SSSR count). The van der Waals surface area contributed by atoms with E-state index in [-0.39, 0.29) is 24.3 Å². The van der Waals surface area contributed by atoms with E-state index in [0.717, 1.165) is 25.7 Å². The summed E-state index contributed by atoms with van der Waals surface area (Å²) < 4.78 is 5.54. The number of aryl methyl sites for hydroxylation is 1. The summed E-state index contributed by atoms with van der Waals surface area (Å²) in [5.41, 5.74) is 0.343. The summed E-state index contributed by atoms with van der Waals surface area (Å²) in [7, 11) is 0. The molecule has 2 amide bonds. The predicted molar refractivity (Wildman–Crippen MR) is 86.9 cm³/mol. The quantitative estimate of drug-likeness (QED) is 0.874. The van der Waals surface area contributed by atoms with Gasteiger partial charge >= 0.3 is 0 Å². The largest absolute Gasteiger partial charge is 0.443 e. The van der Waals surface area contributed by atoms with Crippen LogP contribution in [0.25, 0.3) is 0 Å². The number of amides is 2. The van der Waals surface area contributed by atoms with Gasteiger partial charge in [-0.25, -0.2) is 4.98 Å². The van der Waals surface area contributed by atoms with Crippen LogP contribution in [0, 0.1) is 12.8 Å². The van der Waals surface area contributed by atoms with Crippen LogP contribution in [0.5, 0.6) is 0 Å². The van der Waals surface area contributed by atoms with Crippen molar-refractivity contribution in [3.63, 3.8) is 0 Å². The average Bonchev–Trinajstić information content (AvgIpc) is 2.95. The van der Waals surface area contributed by atoms with Crippen molar-refractivity contribution in [2.75, 3.05) is 13.1 Å². The fraction of sp³-hybridized carbons (Fsp3) is 0.706. The van der Waals surface area contributed by atoms with Crippen molar-refractivity contribution in [2.24, 2.45) is 5.92 Å². The number of hydrogen-bond acceptors (Lipinski definition) is 4. The Kier molecular flexibility index (Phi) is 6.19. The number of hydrogen-bond donors (Lipinski definition) is 1. The first kappa shape index (κ1) is 17.5. The summed E-state index contributed by atoms with van der Waals surface area (Å²) in [5.74, 6) is 0.945. The standard InChI is InChI=1S/C17H27N3O3/c1-4-20(5-2)17(22)15-12(3)23-14(19-15)11-18-16(21)13-9-7-6-8-10-13/h13H,4-11H2,1-3H3,(H,18,21). The molecule has 0 aromatic carbocycles. The van der Waals surface area contributed by atoms with Gasteiger partial charge in [-0.15, -0.1) is 0 Å². The van der Waals surface area contributed by atoms with Crippen molar-refractivity contribution in [3.05, 3.63) is 17.3 Å². The zero-order valence-electron chi connectivity index (χ0n) is 14.4. The van der Waals surface area contributed by atoms with E-state index < -0.39 is 0 Å². The zero-order valence-corrected chi connectivity index (χ0v) is 14.4. The molecule has 0 aliphatic heterocycles. The van der Waals surface area contributed by atoms with Crippen LogP contribution in [0.1, 0.15) is 68.1 Å². The molecule has 0 bridgehead atoms. The molecule has 1 aromatic rings. The second-order valence-electron chi connectivity index (χ2n) is 6.04. The van der Waals surface area contributed by atoms with E-state index in [4.69, 9.17) is 4.42 Å². The van der Waals surface area contributed by atoms with Crippen molar-refractivity contribution in [3.8, 4) is 0 Å². The second-order valence-corrected chi connectivity index (χ2v) is 6.04. The first-order chi connectivity index (χ1) is 11.1. The lowest BCUT2D eigenvalue weighted by Gasteiger charge is -2.20. The van der Waals surface area contributed by atoms with Crippen molar-refractivity contribution in [1.29, 1.82) is 0 Å². The van der Waals surface area contributed by atoms with Gasteiger partial charge in [-0.3, -0.25) is 9.59 Å². The number of aromatic nitrogens is 1. The van der Waals surface area contributed by atoms with Crippen molar-refractivity contribution in [1.82, 2.24) is 15.2 Å². The lowest BCUT2D eigenvalue weighted by molar-refractivity contribution is -0.126. The zero-order chi connectivity index (χ0) is 16.8. The third-order valence-electron chi connectivity index (χ3n) is 4.48. The molecule has 0 spiro atoms. The Morgan fingerprint density at radius 2 is 1.87 bits per heavy atom. The van der Waals surface area contributed by atoms with Crippen LogP contribution in [0.15, 0.2) is 4.42 Å². The SMILES string of the molecule is CCN(CC)C(=O)c1nc(CNC(=O)C2CCCCC2)oc1C. The molecule has 1 heterocycles. The molecule has 1 aliphatic rings. The lowest BCUT2D eigenvalue weighted by Crippen LogP contribution is -2.32. The van der Waals surface area contributed by atoms with Gasteiger partial charge in [0.1, 0.15) is 5.76 Å². The van der Waals surface area contributed by atoms with E-state index in [1.54, 1.807) is 11.8 Å². The summed E-state index contributed by atoms with van der Waals surface area (Å²) in [4.78, 5) is 30.5.